The topological polar surface area (TPSA) is 70.6 Å². The zero-order chi connectivity index (χ0) is 16.7. The summed E-state index contributed by atoms with van der Waals surface area (Å²) >= 11 is 0. The predicted molar refractivity (Wildman–Crippen MR) is 90.2 cm³/mol. The molecule has 2 rings (SSSR count). The van der Waals surface area contributed by atoms with Crippen molar-refractivity contribution in [3.05, 3.63) is 35.9 Å². The van der Waals surface area contributed by atoms with E-state index in [-0.39, 0.29) is 24.2 Å². The summed E-state index contributed by atoms with van der Waals surface area (Å²) in [6.45, 7) is 4.73. The van der Waals surface area contributed by atoms with Crippen molar-refractivity contribution < 1.29 is 14.6 Å². The van der Waals surface area contributed by atoms with Crippen LogP contribution in [0.2, 0.25) is 0 Å². The SMILES string of the molecule is CCC(NC(=O)NC(C)CC(O)c1ccccc1)C1CCCO1. The third-order valence-electron chi connectivity index (χ3n) is 4.31. The van der Waals surface area contributed by atoms with Crippen LogP contribution < -0.4 is 10.6 Å². The lowest BCUT2D eigenvalue weighted by molar-refractivity contribution is 0.0792. The number of aliphatic hydroxyl groups excluding tert-OH is 1. The minimum Gasteiger partial charge on any atom is -0.388 e. The molecule has 1 fully saturated rings. The van der Waals surface area contributed by atoms with Crippen molar-refractivity contribution in [3.63, 3.8) is 0 Å². The molecular weight excluding hydrogens is 292 g/mol. The van der Waals surface area contributed by atoms with Gasteiger partial charge in [0.25, 0.3) is 0 Å². The third kappa shape index (κ3) is 5.52. The zero-order valence-corrected chi connectivity index (χ0v) is 14.0. The molecule has 0 spiro atoms. The molecule has 23 heavy (non-hydrogen) atoms. The molecular formula is C18H28N2O3. The highest BCUT2D eigenvalue weighted by atomic mass is 16.5. The Kier molecular flexibility index (Phi) is 6.86. The molecule has 5 nitrogen and oxygen atoms in total. The van der Waals surface area contributed by atoms with E-state index in [0.717, 1.165) is 31.4 Å². The highest BCUT2D eigenvalue weighted by Gasteiger charge is 2.26. The number of nitrogens with one attached hydrogen (secondary N) is 2. The molecule has 0 bridgehead atoms. The van der Waals surface area contributed by atoms with Crippen molar-refractivity contribution >= 4 is 6.03 Å². The summed E-state index contributed by atoms with van der Waals surface area (Å²) in [6, 6.07) is 9.23. The van der Waals surface area contributed by atoms with Gasteiger partial charge in [0, 0.05) is 12.6 Å². The molecule has 1 aromatic rings. The summed E-state index contributed by atoms with van der Waals surface area (Å²) < 4.78 is 5.65. The Balaban J connectivity index is 1.77. The molecule has 4 atom stereocenters. The highest BCUT2D eigenvalue weighted by molar-refractivity contribution is 5.74. The number of ether oxygens (including phenoxy) is 1. The van der Waals surface area contributed by atoms with E-state index in [9.17, 15) is 9.90 Å². The van der Waals surface area contributed by atoms with Crippen molar-refractivity contribution in [2.45, 2.75) is 63.8 Å². The fraction of sp³-hybridized carbons (Fsp3) is 0.611. The summed E-state index contributed by atoms with van der Waals surface area (Å²) in [5.41, 5.74) is 0.868. The first-order chi connectivity index (χ1) is 11.1. The Labute approximate surface area is 138 Å². The van der Waals surface area contributed by atoms with Crippen LogP contribution in [0.4, 0.5) is 4.79 Å². The molecule has 1 aliphatic rings. The third-order valence-corrected chi connectivity index (χ3v) is 4.31. The molecule has 2 amide bonds. The number of benzene rings is 1. The number of hydrogen-bond donors (Lipinski definition) is 3. The molecule has 0 saturated carbocycles. The average Bonchev–Trinajstić information content (AvgIpc) is 3.07. The standard InChI is InChI=1S/C18H28N2O3/c1-3-15(17-10-7-11-23-17)20-18(22)19-13(2)12-16(21)14-8-5-4-6-9-14/h4-6,8-9,13,15-17,21H,3,7,10-12H2,1-2H3,(H2,19,20,22). The van der Waals surface area contributed by atoms with Gasteiger partial charge >= 0.3 is 6.03 Å². The molecule has 1 saturated heterocycles. The largest absolute Gasteiger partial charge is 0.388 e. The molecule has 3 N–H and O–H groups in total. The van der Waals surface area contributed by atoms with Gasteiger partial charge in [-0.3, -0.25) is 0 Å². The van der Waals surface area contributed by atoms with E-state index < -0.39 is 6.10 Å². The Morgan fingerprint density at radius 1 is 1.35 bits per heavy atom. The van der Waals surface area contributed by atoms with E-state index in [1.807, 2.05) is 37.3 Å². The Morgan fingerprint density at radius 3 is 2.70 bits per heavy atom. The fourth-order valence-electron chi connectivity index (χ4n) is 3.02. The molecule has 5 heteroatoms. The second kappa shape index (κ2) is 8.89. The minimum absolute atomic E-state index is 0.0451. The van der Waals surface area contributed by atoms with Crippen LogP contribution in [-0.2, 0) is 4.74 Å². The van der Waals surface area contributed by atoms with E-state index in [4.69, 9.17) is 4.74 Å². The van der Waals surface area contributed by atoms with E-state index in [0.29, 0.717) is 6.42 Å². The fourth-order valence-corrected chi connectivity index (χ4v) is 3.02. The van der Waals surface area contributed by atoms with Crippen molar-refractivity contribution in [2.24, 2.45) is 0 Å². The van der Waals surface area contributed by atoms with Crippen molar-refractivity contribution in [2.75, 3.05) is 6.61 Å². The second-order valence-electron chi connectivity index (χ2n) is 6.25. The van der Waals surface area contributed by atoms with Crippen LogP contribution in [0.25, 0.3) is 0 Å². The Bertz CT molecular complexity index is 474. The second-order valence-corrected chi connectivity index (χ2v) is 6.25. The first-order valence-corrected chi connectivity index (χ1v) is 8.51. The number of aliphatic hydroxyl groups is 1. The number of urea groups is 1. The van der Waals surface area contributed by atoms with Gasteiger partial charge in [0.1, 0.15) is 0 Å². The molecule has 128 valence electrons. The summed E-state index contributed by atoms with van der Waals surface area (Å²) in [5, 5.41) is 16.1. The average molecular weight is 320 g/mol. The lowest BCUT2D eigenvalue weighted by Gasteiger charge is -2.25. The molecule has 1 aliphatic heterocycles. The molecule has 0 aliphatic carbocycles. The monoisotopic (exact) mass is 320 g/mol. The Hall–Kier alpha value is -1.59. The number of carbonyl (C=O) groups is 1. The van der Waals surface area contributed by atoms with Crippen molar-refractivity contribution in [3.8, 4) is 0 Å². The molecule has 4 unspecified atom stereocenters. The van der Waals surface area contributed by atoms with Crippen LogP contribution in [0.15, 0.2) is 30.3 Å². The van der Waals surface area contributed by atoms with Gasteiger partial charge in [-0.05, 0) is 38.2 Å². The van der Waals surface area contributed by atoms with E-state index in [1.54, 1.807) is 0 Å². The maximum absolute atomic E-state index is 12.1. The van der Waals surface area contributed by atoms with Gasteiger partial charge in [0.05, 0.1) is 18.2 Å². The van der Waals surface area contributed by atoms with E-state index >= 15 is 0 Å². The first kappa shape index (κ1) is 17.8. The van der Waals surface area contributed by atoms with Gasteiger partial charge < -0.3 is 20.5 Å². The van der Waals surface area contributed by atoms with Gasteiger partial charge in [-0.15, -0.1) is 0 Å². The van der Waals surface area contributed by atoms with Crippen LogP contribution in [0, 0.1) is 0 Å². The number of hydrogen-bond acceptors (Lipinski definition) is 3. The number of rotatable bonds is 7. The maximum atomic E-state index is 12.1. The molecule has 0 radical (unpaired) electrons. The van der Waals surface area contributed by atoms with Crippen LogP contribution in [0.5, 0.6) is 0 Å². The normalized spacial score (nSPS) is 21.4. The van der Waals surface area contributed by atoms with Gasteiger partial charge in [-0.2, -0.15) is 0 Å². The first-order valence-electron chi connectivity index (χ1n) is 8.51. The minimum atomic E-state index is -0.577. The van der Waals surface area contributed by atoms with E-state index in [2.05, 4.69) is 17.6 Å². The van der Waals surface area contributed by atoms with Gasteiger partial charge in [0.15, 0.2) is 0 Å². The quantitative estimate of drug-likeness (QED) is 0.723. The number of amides is 2. The summed E-state index contributed by atoms with van der Waals surface area (Å²) in [7, 11) is 0. The van der Waals surface area contributed by atoms with Gasteiger partial charge in [0.2, 0.25) is 0 Å². The number of carbonyl (C=O) groups excluding carboxylic acids is 1. The van der Waals surface area contributed by atoms with Crippen LogP contribution in [-0.4, -0.2) is 35.9 Å². The molecule has 1 heterocycles. The summed E-state index contributed by atoms with van der Waals surface area (Å²) in [4.78, 5) is 12.1. The van der Waals surface area contributed by atoms with E-state index in [1.165, 1.54) is 0 Å². The van der Waals surface area contributed by atoms with Crippen LogP contribution in [0.1, 0.15) is 51.2 Å². The van der Waals surface area contributed by atoms with Crippen molar-refractivity contribution in [1.82, 2.24) is 10.6 Å². The van der Waals surface area contributed by atoms with Crippen molar-refractivity contribution in [1.29, 1.82) is 0 Å². The summed E-state index contributed by atoms with van der Waals surface area (Å²) in [5.74, 6) is 0. The predicted octanol–water partition coefficient (Wildman–Crippen LogP) is 2.76. The van der Waals surface area contributed by atoms with Crippen LogP contribution in [0.3, 0.4) is 0 Å². The molecule has 0 aromatic heterocycles. The maximum Gasteiger partial charge on any atom is 0.315 e. The van der Waals surface area contributed by atoms with Gasteiger partial charge in [-0.25, -0.2) is 4.79 Å². The summed E-state index contributed by atoms with van der Waals surface area (Å²) in [6.07, 6.45) is 2.93. The highest BCUT2D eigenvalue weighted by Crippen LogP contribution is 2.19. The molecule has 1 aromatic carbocycles. The lowest BCUT2D eigenvalue weighted by atomic mass is 10.0. The Morgan fingerprint density at radius 2 is 2.09 bits per heavy atom. The zero-order valence-electron chi connectivity index (χ0n) is 14.0. The van der Waals surface area contributed by atoms with Gasteiger partial charge in [-0.1, -0.05) is 37.3 Å². The van der Waals surface area contributed by atoms with Crippen LogP contribution >= 0.6 is 0 Å². The smallest absolute Gasteiger partial charge is 0.315 e. The lowest BCUT2D eigenvalue weighted by Crippen LogP contribution is -2.49.